The molecular formula is C18H31NO2. The van der Waals surface area contributed by atoms with E-state index in [4.69, 9.17) is 9.47 Å². The van der Waals surface area contributed by atoms with Crippen LogP contribution < -0.4 is 14.8 Å². The molecule has 3 heteroatoms. The lowest BCUT2D eigenvalue weighted by Crippen LogP contribution is -2.29. The Kier molecular flexibility index (Phi) is 8.91. The van der Waals surface area contributed by atoms with E-state index in [1.807, 2.05) is 6.07 Å². The number of methoxy groups -OCH3 is 1. The second-order valence-electron chi connectivity index (χ2n) is 5.39. The molecule has 0 saturated carbocycles. The Morgan fingerprint density at radius 1 is 1.14 bits per heavy atom. The summed E-state index contributed by atoms with van der Waals surface area (Å²) in [6.07, 6.45) is 5.60. The van der Waals surface area contributed by atoms with Gasteiger partial charge in [-0.15, -0.1) is 0 Å². The summed E-state index contributed by atoms with van der Waals surface area (Å²) in [6, 6.07) is 6.80. The Morgan fingerprint density at radius 3 is 2.57 bits per heavy atom. The first-order valence-electron chi connectivity index (χ1n) is 8.28. The molecule has 0 bridgehead atoms. The summed E-state index contributed by atoms with van der Waals surface area (Å²) in [5, 5.41) is 3.58. The Balaban J connectivity index is 2.38. The molecule has 1 unspecified atom stereocenters. The first-order valence-corrected chi connectivity index (χ1v) is 8.28. The van der Waals surface area contributed by atoms with Crippen molar-refractivity contribution < 1.29 is 9.47 Å². The van der Waals surface area contributed by atoms with Gasteiger partial charge >= 0.3 is 0 Å². The maximum atomic E-state index is 5.87. The largest absolute Gasteiger partial charge is 0.493 e. The first-order chi connectivity index (χ1) is 10.2. The molecule has 1 N–H and O–H groups in total. The highest BCUT2D eigenvalue weighted by Gasteiger charge is 2.07. The van der Waals surface area contributed by atoms with Crippen molar-refractivity contribution in [3.8, 4) is 11.5 Å². The topological polar surface area (TPSA) is 30.5 Å². The average molecular weight is 293 g/mol. The monoisotopic (exact) mass is 293 g/mol. The van der Waals surface area contributed by atoms with Gasteiger partial charge in [-0.2, -0.15) is 0 Å². The molecule has 120 valence electrons. The van der Waals surface area contributed by atoms with Crippen LogP contribution in [0.3, 0.4) is 0 Å². The van der Waals surface area contributed by atoms with Crippen molar-refractivity contribution >= 4 is 0 Å². The van der Waals surface area contributed by atoms with Gasteiger partial charge in [-0.25, -0.2) is 0 Å². The first kappa shape index (κ1) is 17.8. The molecule has 0 aliphatic heterocycles. The van der Waals surface area contributed by atoms with E-state index < -0.39 is 0 Å². The summed E-state index contributed by atoms with van der Waals surface area (Å²) in [6.45, 7) is 8.43. The summed E-state index contributed by atoms with van der Waals surface area (Å²) in [4.78, 5) is 0. The minimum atomic E-state index is 0.609. The Bertz CT molecular complexity index is 393. The van der Waals surface area contributed by atoms with Crippen molar-refractivity contribution in [1.82, 2.24) is 5.32 Å². The van der Waals surface area contributed by atoms with E-state index in [1.165, 1.54) is 18.4 Å². The normalized spacial score (nSPS) is 12.2. The second kappa shape index (κ2) is 10.5. The number of hydrogen-bond acceptors (Lipinski definition) is 3. The molecule has 1 aromatic rings. The molecule has 3 nitrogen and oxygen atoms in total. The number of rotatable bonds is 11. The lowest BCUT2D eigenvalue weighted by atomic mass is 10.1. The highest BCUT2D eigenvalue weighted by molar-refractivity contribution is 5.42. The summed E-state index contributed by atoms with van der Waals surface area (Å²) in [5.74, 6) is 1.69. The van der Waals surface area contributed by atoms with E-state index in [2.05, 4.69) is 38.2 Å². The third-order valence-electron chi connectivity index (χ3n) is 3.77. The molecule has 0 aliphatic carbocycles. The number of ether oxygens (including phenoxy) is 2. The number of benzene rings is 1. The molecule has 0 spiro atoms. The van der Waals surface area contributed by atoms with Crippen molar-refractivity contribution in [3.05, 3.63) is 23.8 Å². The lowest BCUT2D eigenvalue weighted by Gasteiger charge is -2.17. The minimum absolute atomic E-state index is 0.609. The van der Waals surface area contributed by atoms with Crippen molar-refractivity contribution in [1.29, 1.82) is 0 Å². The van der Waals surface area contributed by atoms with Crippen molar-refractivity contribution in [3.63, 3.8) is 0 Å². The van der Waals surface area contributed by atoms with Crippen LogP contribution in [0.25, 0.3) is 0 Å². The molecule has 1 rings (SSSR count). The quantitative estimate of drug-likeness (QED) is 0.620. The number of aryl methyl sites for hydroxylation is 1. The highest BCUT2D eigenvalue weighted by Crippen LogP contribution is 2.28. The Morgan fingerprint density at radius 2 is 1.95 bits per heavy atom. The van der Waals surface area contributed by atoms with Gasteiger partial charge in [-0.05, 0) is 56.3 Å². The van der Waals surface area contributed by atoms with E-state index in [0.717, 1.165) is 43.9 Å². The molecule has 0 aromatic heterocycles. The maximum absolute atomic E-state index is 5.87. The van der Waals surface area contributed by atoms with Crippen molar-refractivity contribution in [2.45, 2.75) is 58.9 Å². The average Bonchev–Trinajstić information content (AvgIpc) is 2.54. The molecular weight excluding hydrogens is 262 g/mol. The van der Waals surface area contributed by atoms with Gasteiger partial charge in [0, 0.05) is 6.04 Å². The van der Waals surface area contributed by atoms with Gasteiger partial charge in [0.05, 0.1) is 13.7 Å². The van der Waals surface area contributed by atoms with Gasteiger partial charge in [-0.1, -0.05) is 26.8 Å². The van der Waals surface area contributed by atoms with E-state index in [-0.39, 0.29) is 0 Å². The van der Waals surface area contributed by atoms with E-state index >= 15 is 0 Å². The molecule has 1 atom stereocenters. The van der Waals surface area contributed by atoms with Gasteiger partial charge in [0.25, 0.3) is 0 Å². The molecule has 0 heterocycles. The number of nitrogens with one attached hydrogen (secondary N) is 1. The van der Waals surface area contributed by atoms with Gasteiger partial charge < -0.3 is 14.8 Å². The number of hydrogen-bond donors (Lipinski definition) is 1. The van der Waals surface area contributed by atoms with Gasteiger partial charge in [0.15, 0.2) is 11.5 Å². The fourth-order valence-electron chi connectivity index (χ4n) is 2.36. The van der Waals surface area contributed by atoms with Crippen LogP contribution in [0.1, 0.15) is 52.0 Å². The smallest absolute Gasteiger partial charge is 0.161 e. The van der Waals surface area contributed by atoms with E-state index in [1.54, 1.807) is 7.11 Å². The molecule has 0 aliphatic rings. The van der Waals surface area contributed by atoms with Crippen LogP contribution in [0.2, 0.25) is 0 Å². The molecule has 0 amide bonds. The standard InChI is InChI=1S/C18H31NO2/c1-5-12-19-16(7-3)9-8-13-21-17-11-10-15(6-2)14-18(17)20-4/h10-11,14,16,19H,5-9,12-13H2,1-4H3. The van der Waals surface area contributed by atoms with E-state index in [9.17, 15) is 0 Å². The zero-order valence-corrected chi connectivity index (χ0v) is 14.1. The van der Waals surface area contributed by atoms with Crippen LogP contribution in [0, 0.1) is 0 Å². The third-order valence-corrected chi connectivity index (χ3v) is 3.77. The van der Waals surface area contributed by atoms with Gasteiger partial charge in [0.2, 0.25) is 0 Å². The fourth-order valence-corrected chi connectivity index (χ4v) is 2.36. The molecule has 21 heavy (non-hydrogen) atoms. The van der Waals surface area contributed by atoms with Gasteiger partial charge in [-0.3, -0.25) is 0 Å². The Hall–Kier alpha value is -1.22. The second-order valence-corrected chi connectivity index (χ2v) is 5.39. The predicted octanol–water partition coefficient (Wildman–Crippen LogP) is 4.19. The predicted molar refractivity (Wildman–Crippen MR) is 89.5 cm³/mol. The summed E-state index contributed by atoms with van der Waals surface area (Å²) in [7, 11) is 1.70. The van der Waals surface area contributed by atoms with Crippen molar-refractivity contribution in [2.75, 3.05) is 20.3 Å². The van der Waals surface area contributed by atoms with Crippen LogP contribution in [0.4, 0.5) is 0 Å². The fraction of sp³-hybridized carbons (Fsp3) is 0.667. The van der Waals surface area contributed by atoms with Crippen LogP contribution >= 0.6 is 0 Å². The zero-order valence-electron chi connectivity index (χ0n) is 14.1. The van der Waals surface area contributed by atoms with Crippen LogP contribution in [-0.2, 0) is 6.42 Å². The third kappa shape index (κ3) is 6.38. The minimum Gasteiger partial charge on any atom is -0.493 e. The highest BCUT2D eigenvalue weighted by atomic mass is 16.5. The van der Waals surface area contributed by atoms with Gasteiger partial charge in [0.1, 0.15) is 0 Å². The SMILES string of the molecule is CCCNC(CC)CCCOc1ccc(CC)cc1OC. The van der Waals surface area contributed by atoms with Crippen molar-refractivity contribution in [2.24, 2.45) is 0 Å². The molecule has 1 aromatic carbocycles. The lowest BCUT2D eigenvalue weighted by molar-refractivity contribution is 0.277. The van der Waals surface area contributed by atoms with Crippen LogP contribution in [0.15, 0.2) is 18.2 Å². The van der Waals surface area contributed by atoms with E-state index in [0.29, 0.717) is 6.04 Å². The molecule has 0 saturated heterocycles. The molecule has 0 fully saturated rings. The summed E-state index contributed by atoms with van der Waals surface area (Å²) < 4.78 is 11.3. The molecule has 0 radical (unpaired) electrons. The van der Waals surface area contributed by atoms with Crippen LogP contribution in [-0.4, -0.2) is 26.3 Å². The zero-order chi connectivity index (χ0) is 15.5. The summed E-state index contributed by atoms with van der Waals surface area (Å²) >= 11 is 0. The Labute approximate surface area is 130 Å². The summed E-state index contributed by atoms with van der Waals surface area (Å²) in [5.41, 5.74) is 1.27. The maximum Gasteiger partial charge on any atom is 0.161 e. The van der Waals surface area contributed by atoms with Crippen LogP contribution in [0.5, 0.6) is 11.5 Å².